The fourth-order valence-corrected chi connectivity index (χ4v) is 3.43. The fraction of sp³-hybridized carbons (Fsp3) is 0.769. The van der Waals surface area contributed by atoms with E-state index in [-0.39, 0.29) is 25.4 Å². The molecule has 2 N–H and O–H groups in total. The summed E-state index contributed by atoms with van der Waals surface area (Å²) < 4.78 is 28.5. The van der Waals surface area contributed by atoms with Crippen molar-refractivity contribution in [3.63, 3.8) is 0 Å². The van der Waals surface area contributed by atoms with Crippen LogP contribution in [0.15, 0.2) is 12.3 Å². The molecule has 0 aliphatic carbocycles. The minimum Gasteiger partial charge on any atom is -0.459 e. The van der Waals surface area contributed by atoms with Crippen LogP contribution in [0.2, 0.25) is 0 Å². The van der Waals surface area contributed by atoms with Crippen molar-refractivity contribution >= 4 is 13.6 Å². The van der Waals surface area contributed by atoms with Crippen LogP contribution in [-0.4, -0.2) is 30.4 Å². The van der Waals surface area contributed by atoms with Gasteiger partial charge in [-0.3, -0.25) is 9.36 Å². The fourth-order valence-electron chi connectivity index (χ4n) is 1.53. The molecule has 8 heteroatoms. The third kappa shape index (κ3) is 7.09. The molecule has 0 spiro atoms. The van der Waals surface area contributed by atoms with Crippen LogP contribution in [0.1, 0.15) is 41.0 Å². The predicted molar refractivity (Wildman–Crippen MR) is 79.5 cm³/mol. The minimum atomic E-state index is -3.71. The van der Waals surface area contributed by atoms with Crippen LogP contribution in [0.4, 0.5) is 0 Å². The van der Waals surface area contributed by atoms with Crippen molar-refractivity contribution < 1.29 is 28.0 Å². The first-order chi connectivity index (χ1) is 9.59. The lowest BCUT2D eigenvalue weighted by molar-refractivity contribution is -0.154. The third-order valence-corrected chi connectivity index (χ3v) is 4.66. The molecule has 1 unspecified atom stereocenters. The van der Waals surface area contributed by atoms with Gasteiger partial charge in [-0.05, 0) is 34.6 Å². The van der Waals surface area contributed by atoms with E-state index in [1.807, 2.05) is 0 Å². The summed E-state index contributed by atoms with van der Waals surface area (Å²) in [7, 11) is -3.71. The van der Waals surface area contributed by atoms with Gasteiger partial charge < -0.3 is 18.6 Å². The summed E-state index contributed by atoms with van der Waals surface area (Å²) >= 11 is 0. The Hall–Kier alpha value is -0.880. The number of hydrogen-bond acceptors (Lipinski definition) is 7. The van der Waals surface area contributed by atoms with E-state index >= 15 is 0 Å². The summed E-state index contributed by atoms with van der Waals surface area (Å²) in [5, 5.41) is 0. The molecule has 0 saturated heterocycles. The average molecular weight is 323 g/mol. The Morgan fingerprint density at radius 3 is 2.05 bits per heavy atom. The molecule has 0 heterocycles. The maximum absolute atomic E-state index is 12.8. The number of esters is 1. The van der Waals surface area contributed by atoms with Gasteiger partial charge in [0, 0.05) is 6.42 Å². The first-order valence-corrected chi connectivity index (χ1v) is 8.37. The molecule has 0 aromatic rings. The molecule has 1 atom stereocenters. The number of rotatable bonds is 9. The van der Waals surface area contributed by atoms with Gasteiger partial charge in [-0.2, -0.15) is 5.90 Å². The highest BCUT2D eigenvalue weighted by molar-refractivity contribution is 7.55. The summed E-state index contributed by atoms with van der Waals surface area (Å²) in [6, 6.07) is 0. The number of nitrogens with two attached hydrogens (primary N) is 1. The van der Waals surface area contributed by atoms with E-state index in [0.29, 0.717) is 0 Å². The van der Waals surface area contributed by atoms with Gasteiger partial charge >= 0.3 is 13.6 Å². The van der Waals surface area contributed by atoms with Crippen LogP contribution in [0.3, 0.4) is 0 Å². The van der Waals surface area contributed by atoms with Crippen LogP contribution < -0.4 is 5.90 Å². The summed E-state index contributed by atoms with van der Waals surface area (Å²) in [6.45, 7) is 12.3. The minimum absolute atomic E-state index is 0.0884. The molecule has 0 aliphatic rings. The second-order valence-electron chi connectivity index (χ2n) is 5.29. The van der Waals surface area contributed by atoms with E-state index in [0.717, 1.165) is 0 Å². The molecule has 0 radical (unpaired) electrons. The number of carbonyl (C=O) groups excluding carboxylic acids is 1. The maximum Gasteiger partial charge on any atom is 0.345 e. The third-order valence-electron chi connectivity index (χ3n) is 2.27. The first-order valence-electron chi connectivity index (χ1n) is 6.75. The van der Waals surface area contributed by atoms with Crippen LogP contribution in [0.5, 0.6) is 0 Å². The quantitative estimate of drug-likeness (QED) is 0.301. The number of carbonyl (C=O) groups is 1. The summed E-state index contributed by atoms with van der Waals surface area (Å²) in [4.78, 5) is 16.8. The topological polar surface area (TPSA) is 97.1 Å². The SMILES string of the molecule is C=C(CC(C(=O)OC(C)(C)C)P(=O)(OCC)OCC)ON. The predicted octanol–water partition coefficient (Wildman–Crippen LogP) is 2.76. The molecule has 0 bridgehead atoms. The second-order valence-corrected chi connectivity index (χ2v) is 7.50. The highest BCUT2D eigenvalue weighted by Crippen LogP contribution is 2.55. The molecular formula is C13H26NO6P. The summed E-state index contributed by atoms with van der Waals surface area (Å²) in [6.07, 6.45) is -0.108. The van der Waals surface area contributed by atoms with E-state index in [1.54, 1.807) is 34.6 Å². The van der Waals surface area contributed by atoms with E-state index in [1.165, 1.54) is 0 Å². The Kier molecular flexibility index (Phi) is 8.18. The molecule has 0 fully saturated rings. The lowest BCUT2D eigenvalue weighted by Gasteiger charge is -2.28. The van der Waals surface area contributed by atoms with Crippen molar-refractivity contribution in [2.45, 2.75) is 52.3 Å². The number of ether oxygens (including phenoxy) is 1. The first kappa shape index (κ1) is 20.1. The number of allylic oxidation sites excluding steroid dienone is 1. The van der Waals surface area contributed by atoms with Crippen molar-refractivity contribution in [1.82, 2.24) is 0 Å². The second kappa shape index (κ2) is 8.54. The van der Waals surface area contributed by atoms with Gasteiger partial charge in [-0.1, -0.05) is 6.58 Å². The van der Waals surface area contributed by atoms with Gasteiger partial charge in [-0.25, -0.2) is 0 Å². The largest absolute Gasteiger partial charge is 0.459 e. The standard InChI is InChI=1S/C13H26NO6P/c1-7-17-21(16,18-8-2)11(9-10(3)20-14)12(15)19-13(4,5)6/h11H,3,7-9,14H2,1-2,4-6H3. The van der Waals surface area contributed by atoms with Gasteiger partial charge in [0.2, 0.25) is 0 Å². The van der Waals surface area contributed by atoms with Gasteiger partial charge in [0.25, 0.3) is 0 Å². The van der Waals surface area contributed by atoms with Gasteiger partial charge in [-0.15, -0.1) is 0 Å². The molecular weight excluding hydrogens is 297 g/mol. The van der Waals surface area contributed by atoms with Gasteiger partial charge in [0.1, 0.15) is 11.4 Å². The molecule has 0 aromatic heterocycles. The van der Waals surface area contributed by atoms with E-state index < -0.39 is 24.8 Å². The lowest BCUT2D eigenvalue weighted by atomic mass is 10.2. The zero-order valence-corrected chi connectivity index (χ0v) is 14.3. The molecule has 0 aliphatic heterocycles. The van der Waals surface area contributed by atoms with Crippen molar-refractivity contribution in [2.75, 3.05) is 13.2 Å². The van der Waals surface area contributed by atoms with Crippen LogP contribution in [-0.2, 0) is 28.0 Å². The van der Waals surface area contributed by atoms with Crippen molar-refractivity contribution in [3.05, 3.63) is 12.3 Å². The Morgan fingerprint density at radius 1 is 1.24 bits per heavy atom. The van der Waals surface area contributed by atoms with Crippen molar-refractivity contribution in [1.29, 1.82) is 0 Å². The van der Waals surface area contributed by atoms with Gasteiger partial charge in [0.15, 0.2) is 5.66 Å². The van der Waals surface area contributed by atoms with Crippen molar-refractivity contribution in [3.8, 4) is 0 Å². The smallest absolute Gasteiger partial charge is 0.345 e. The zero-order valence-electron chi connectivity index (χ0n) is 13.4. The number of hydrogen-bond donors (Lipinski definition) is 1. The van der Waals surface area contributed by atoms with E-state index in [2.05, 4.69) is 11.4 Å². The molecule has 0 aromatic carbocycles. The molecule has 0 amide bonds. The Bertz CT molecular complexity index is 394. The van der Waals surface area contributed by atoms with Gasteiger partial charge in [0.05, 0.1) is 13.2 Å². The Labute approximate surface area is 126 Å². The highest BCUT2D eigenvalue weighted by Gasteiger charge is 2.44. The molecule has 0 saturated carbocycles. The molecule has 124 valence electrons. The monoisotopic (exact) mass is 323 g/mol. The zero-order chi connectivity index (χ0) is 16.7. The van der Waals surface area contributed by atoms with Crippen LogP contribution >= 0.6 is 7.60 Å². The molecule has 0 rings (SSSR count). The van der Waals surface area contributed by atoms with Crippen LogP contribution in [0, 0.1) is 0 Å². The van der Waals surface area contributed by atoms with E-state index in [4.69, 9.17) is 19.7 Å². The average Bonchev–Trinajstić information content (AvgIpc) is 2.33. The maximum atomic E-state index is 12.8. The highest BCUT2D eigenvalue weighted by atomic mass is 31.2. The summed E-state index contributed by atoms with van der Waals surface area (Å²) in [5.74, 6) is 4.40. The normalized spacial score (nSPS) is 13.6. The molecule has 7 nitrogen and oxygen atoms in total. The van der Waals surface area contributed by atoms with Crippen LogP contribution in [0.25, 0.3) is 0 Å². The van der Waals surface area contributed by atoms with Crippen molar-refractivity contribution in [2.24, 2.45) is 5.90 Å². The van der Waals surface area contributed by atoms with E-state index in [9.17, 15) is 9.36 Å². The Balaban J connectivity index is 5.41. The molecule has 21 heavy (non-hydrogen) atoms. The Morgan fingerprint density at radius 2 is 1.71 bits per heavy atom. The lowest BCUT2D eigenvalue weighted by Crippen LogP contribution is -2.33. The summed E-state index contributed by atoms with van der Waals surface area (Å²) in [5.41, 5.74) is -1.91.